The first-order valence-electron chi connectivity index (χ1n) is 14.6. The lowest BCUT2D eigenvalue weighted by Gasteiger charge is -2.14. The number of rotatable bonds is 5. The van der Waals surface area contributed by atoms with Gasteiger partial charge in [-0.05, 0) is 86.6 Å². The van der Waals surface area contributed by atoms with E-state index in [-0.39, 0.29) is 0 Å². The summed E-state index contributed by atoms with van der Waals surface area (Å²) in [6, 6.07) is 60.4. The number of fused-ring (bicyclic) bond motifs is 2. The smallest absolute Gasteiger partial charge is 0.145 e. The van der Waals surface area contributed by atoms with E-state index in [0.717, 1.165) is 28.1 Å². The first-order chi connectivity index (χ1) is 21.3. The fourth-order valence-corrected chi connectivity index (χ4v) is 6.07. The number of aromatic nitrogens is 2. The molecule has 2 heteroatoms. The van der Waals surface area contributed by atoms with Crippen molar-refractivity contribution in [1.29, 1.82) is 0 Å². The summed E-state index contributed by atoms with van der Waals surface area (Å²) in [6.45, 7) is 0. The molecule has 1 heterocycles. The Morgan fingerprint density at radius 2 is 0.953 bits per heavy atom. The molecule has 0 aliphatic rings. The van der Waals surface area contributed by atoms with E-state index in [1.807, 2.05) is 12.1 Å². The Morgan fingerprint density at radius 3 is 1.67 bits per heavy atom. The molecule has 0 bridgehead atoms. The van der Waals surface area contributed by atoms with Crippen LogP contribution in [0, 0.1) is 0 Å². The molecule has 0 saturated carbocycles. The van der Waals surface area contributed by atoms with Gasteiger partial charge < -0.3 is 0 Å². The Balaban J connectivity index is 1.28. The van der Waals surface area contributed by atoms with Crippen molar-refractivity contribution in [3.63, 3.8) is 0 Å². The lowest BCUT2D eigenvalue weighted by Crippen LogP contribution is -1.97. The van der Waals surface area contributed by atoms with E-state index in [9.17, 15) is 0 Å². The maximum absolute atomic E-state index is 5.07. The Bertz CT molecular complexity index is 2190. The van der Waals surface area contributed by atoms with Crippen LogP contribution in [0.4, 0.5) is 0 Å². The molecule has 7 aromatic carbocycles. The summed E-state index contributed by atoms with van der Waals surface area (Å²) < 4.78 is 2.25. The average Bonchev–Trinajstić information content (AvgIpc) is 3.48. The highest BCUT2D eigenvalue weighted by Crippen LogP contribution is 2.37. The van der Waals surface area contributed by atoms with Gasteiger partial charge in [0.15, 0.2) is 0 Å². The van der Waals surface area contributed by atoms with Gasteiger partial charge in [-0.3, -0.25) is 4.57 Å². The highest BCUT2D eigenvalue weighted by molar-refractivity contribution is 6.02. The number of imidazole rings is 1. The largest absolute Gasteiger partial charge is 0.292 e. The Hall–Kier alpha value is -5.73. The van der Waals surface area contributed by atoms with Crippen molar-refractivity contribution in [3.8, 4) is 50.5 Å². The highest BCUT2D eigenvalue weighted by Gasteiger charge is 2.15. The summed E-state index contributed by atoms with van der Waals surface area (Å²) in [7, 11) is 0. The third-order valence-electron chi connectivity index (χ3n) is 8.20. The van der Waals surface area contributed by atoms with Crippen LogP contribution in [0.1, 0.15) is 0 Å². The number of hydrogen-bond acceptors (Lipinski definition) is 1. The van der Waals surface area contributed by atoms with Gasteiger partial charge in [0.1, 0.15) is 5.82 Å². The van der Waals surface area contributed by atoms with Gasteiger partial charge in [0.05, 0.1) is 11.0 Å². The normalized spacial score (nSPS) is 11.3. The van der Waals surface area contributed by atoms with Crippen molar-refractivity contribution in [3.05, 3.63) is 170 Å². The molecule has 0 amide bonds. The summed E-state index contributed by atoms with van der Waals surface area (Å²) >= 11 is 0. The van der Waals surface area contributed by atoms with Gasteiger partial charge >= 0.3 is 0 Å². The fourth-order valence-electron chi connectivity index (χ4n) is 6.07. The van der Waals surface area contributed by atoms with E-state index in [0.29, 0.717) is 0 Å². The molecule has 1 aromatic heterocycles. The second-order valence-corrected chi connectivity index (χ2v) is 10.9. The Morgan fingerprint density at radius 1 is 0.395 bits per heavy atom. The standard InChI is InChI=1S/C41H28N2/c1-4-12-29(13-5-1)33-24-25-37-35(26-33)27-34(30-14-6-2-7-15-30)28-38(37)31-20-22-32(23-21-31)41-42-39-18-10-11-19-40(39)43(41)36-16-8-3-9-17-36/h1-28H. The number of para-hydroxylation sites is 3. The SMILES string of the molecule is c1ccc(-c2ccc3c(-c4ccc(-c5nc6ccccc6n5-c5ccccc5)cc4)cc(-c4ccccc4)cc3c2)cc1. The van der Waals surface area contributed by atoms with Crippen molar-refractivity contribution < 1.29 is 0 Å². The van der Waals surface area contributed by atoms with Crippen LogP contribution in [0.15, 0.2) is 170 Å². The van der Waals surface area contributed by atoms with Crippen molar-refractivity contribution >= 4 is 21.8 Å². The summed E-state index contributed by atoms with van der Waals surface area (Å²) in [6.07, 6.45) is 0. The fraction of sp³-hybridized carbons (Fsp3) is 0. The minimum Gasteiger partial charge on any atom is -0.292 e. The lowest BCUT2D eigenvalue weighted by molar-refractivity contribution is 1.10. The molecule has 0 unspecified atom stereocenters. The van der Waals surface area contributed by atoms with Crippen LogP contribution < -0.4 is 0 Å². The van der Waals surface area contributed by atoms with Crippen LogP contribution in [-0.4, -0.2) is 9.55 Å². The molecule has 0 saturated heterocycles. The summed E-state index contributed by atoms with van der Waals surface area (Å²) in [5, 5.41) is 2.47. The van der Waals surface area contributed by atoms with E-state index in [1.165, 1.54) is 44.2 Å². The zero-order valence-corrected chi connectivity index (χ0v) is 23.6. The minimum absolute atomic E-state index is 0.939. The topological polar surface area (TPSA) is 17.8 Å². The maximum Gasteiger partial charge on any atom is 0.145 e. The molecule has 0 N–H and O–H groups in total. The van der Waals surface area contributed by atoms with E-state index in [2.05, 4.69) is 162 Å². The molecule has 0 radical (unpaired) electrons. The average molecular weight is 549 g/mol. The van der Waals surface area contributed by atoms with E-state index in [4.69, 9.17) is 4.98 Å². The van der Waals surface area contributed by atoms with Crippen molar-refractivity contribution in [2.45, 2.75) is 0 Å². The molecular weight excluding hydrogens is 520 g/mol. The first kappa shape index (κ1) is 25.0. The maximum atomic E-state index is 5.07. The minimum atomic E-state index is 0.939. The van der Waals surface area contributed by atoms with Crippen LogP contribution in [0.5, 0.6) is 0 Å². The molecule has 2 nitrogen and oxygen atoms in total. The quantitative estimate of drug-likeness (QED) is 0.209. The second-order valence-electron chi connectivity index (χ2n) is 10.9. The van der Waals surface area contributed by atoms with Crippen molar-refractivity contribution in [2.75, 3.05) is 0 Å². The van der Waals surface area contributed by atoms with Crippen LogP contribution in [0.2, 0.25) is 0 Å². The van der Waals surface area contributed by atoms with E-state index >= 15 is 0 Å². The molecule has 0 spiro atoms. The van der Waals surface area contributed by atoms with E-state index < -0.39 is 0 Å². The molecule has 0 aliphatic carbocycles. The van der Waals surface area contributed by atoms with Crippen LogP contribution >= 0.6 is 0 Å². The predicted octanol–water partition coefficient (Wildman–Crippen LogP) is 10.8. The van der Waals surface area contributed by atoms with Gasteiger partial charge in [0, 0.05) is 11.3 Å². The second kappa shape index (κ2) is 10.6. The number of hydrogen-bond donors (Lipinski definition) is 0. The van der Waals surface area contributed by atoms with Gasteiger partial charge in [-0.15, -0.1) is 0 Å². The van der Waals surface area contributed by atoms with Crippen molar-refractivity contribution in [2.24, 2.45) is 0 Å². The summed E-state index contributed by atoms with van der Waals surface area (Å²) in [4.78, 5) is 5.07. The molecular formula is C41H28N2. The van der Waals surface area contributed by atoms with Gasteiger partial charge in [-0.1, -0.05) is 127 Å². The molecule has 43 heavy (non-hydrogen) atoms. The number of benzene rings is 7. The monoisotopic (exact) mass is 548 g/mol. The third kappa shape index (κ3) is 4.60. The summed E-state index contributed by atoms with van der Waals surface area (Å²) in [5.74, 6) is 0.939. The van der Waals surface area contributed by atoms with Gasteiger partial charge in [0.25, 0.3) is 0 Å². The van der Waals surface area contributed by atoms with Crippen LogP contribution in [0.3, 0.4) is 0 Å². The van der Waals surface area contributed by atoms with Crippen LogP contribution in [-0.2, 0) is 0 Å². The first-order valence-corrected chi connectivity index (χ1v) is 14.6. The molecule has 202 valence electrons. The van der Waals surface area contributed by atoms with Gasteiger partial charge in [-0.25, -0.2) is 4.98 Å². The highest BCUT2D eigenvalue weighted by atomic mass is 15.1. The molecule has 0 fully saturated rings. The zero-order valence-electron chi connectivity index (χ0n) is 23.6. The third-order valence-corrected chi connectivity index (χ3v) is 8.20. The Labute approximate surface area is 251 Å². The number of nitrogens with zero attached hydrogens (tertiary/aromatic N) is 2. The molecule has 8 aromatic rings. The summed E-state index contributed by atoms with van der Waals surface area (Å²) in [5.41, 5.74) is 11.5. The molecule has 8 rings (SSSR count). The molecule has 0 atom stereocenters. The zero-order chi connectivity index (χ0) is 28.6. The van der Waals surface area contributed by atoms with Crippen LogP contribution in [0.25, 0.3) is 72.3 Å². The van der Waals surface area contributed by atoms with Crippen molar-refractivity contribution in [1.82, 2.24) is 9.55 Å². The van der Waals surface area contributed by atoms with E-state index in [1.54, 1.807) is 0 Å². The van der Waals surface area contributed by atoms with Gasteiger partial charge in [-0.2, -0.15) is 0 Å². The lowest BCUT2D eigenvalue weighted by atomic mass is 9.91. The molecule has 0 aliphatic heterocycles. The Kier molecular flexibility index (Phi) is 6.16. The predicted molar refractivity (Wildman–Crippen MR) is 180 cm³/mol. The van der Waals surface area contributed by atoms with Gasteiger partial charge in [0.2, 0.25) is 0 Å².